The summed E-state index contributed by atoms with van der Waals surface area (Å²) in [5.74, 6) is 0.441. The molecule has 0 aliphatic heterocycles. The molecule has 1 aromatic heterocycles. The van der Waals surface area contributed by atoms with Crippen molar-refractivity contribution in [2.45, 2.75) is 50.1 Å². The Hall–Kier alpha value is -2.38. The summed E-state index contributed by atoms with van der Waals surface area (Å²) in [5.41, 5.74) is 3.40. The molecule has 154 valence electrons. The maximum Gasteiger partial charge on any atom is 0.328 e. The van der Waals surface area contributed by atoms with Gasteiger partial charge in [0.2, 0.25) is 10.0 Å². The van der Waals surface area contributed by atoms with Crippen LogP contribution in [-0.2, 0) is 30.7 Å². The first-order valence-corrected chi connectivity index (χ1v) is 11.4. The van der Waals surface area contributed by atoms with Gasteiger partial charge in [0.25, 0.3) is 0 Å². The van der Waals surface area contributed by atoms with Gasteiger partial charge in [-0.15, -0.1) is 0 Å². The van der Waals surface area contributed by atoms with Crippen LogP contribution < -0.4 is 5.69 Å². The third-order valence-electron chi connectivity index (χ3n) is 5.79. The second-order valence-corrected chi connectivity index (χ2v) is 10.1. The molecule has 29 heavy (non-hydrogen) atoms. The molecule has 6 nitrogen and oxygen atoms in total. The number of benzene rings is 2. The molecule has 0 bridgehead atoms. The molecule has 2 aromatic carbocycles. The van der Waals surface area contributed by atoms with E-state index >= 15 is 0 Å². The van der Waals surface area contributed by atoms with E-state index in [1.54, 1.807) is 36.6 Å². The number of nitrogens with zero attached hydrogens (tertiary/aromatic N) is 3. The predicted molar refractivity (Wildman–Crippen MR) is 114 cm³/mol. The molecule has 0 atom stereocenters. The van der Waals surface area contributed by atoms with Crippen LogP contribution in [-0.4, -0.2) is 27.9 Å². The fourth-order valence-corrected chi connectivity index (χ4v) is 5.44. The number of aryl methyl sites for hydroxylation is 2. The molecule has 7 heteroatoms. The average Bonchev–Trinajstić information content (AvgIpc) is 3.52. The maximum atomic E-state index is 13.5. The van der Waals surface area contributed by atoms with Crippen LogP contribution in [0.25, 0.3) is 11.0 Å². The van der Waals surface area contributed by atoms with Crippen LogP contribution in [0.2, 0.25) is 0 Å². The van der Waals surface area contributed by atoms with Crippen LogP contribution in [0.1, 0.15) is 43.7 Å². The van der Waals surface area contributed by atoms with Gasteiger partial charge in [-0.2, -0.15) is 4.31 Å². The smallest absolute Gasteiger partial charge is 0.295 e. The fraction of sp³-hybridized carbons (Fsp3) is 0.409. The molecular weight excluding hydrogens is 386 g/mol. The Morgan fingerprint density at radius 2 is 1.62 bits per heavy atom. The van der Waals surface area contributed by atoms with Crippen molar-refractivity contribution in [3.63, 3.8) is 0 Å². The molecule has 1 fully saturated rings. The van der Waals surface area contributed by atoms with Crippen LogP contribution in [0.4, 0.5) is 0 Å². The van der Waals surface area contributed by atoms with Crippen molar-refractivity contribution < 1.29 is 8.42 Å². The van der Waals surface area contributed by atoms with E-state index < -0.39 is 10.0 Å². The van der Waals surface area contributed by atoms with Crippen LogP contribution in [0.3, 0.4) is 0 Å². The summed E-state index contributed by atoms with van der Waals surface area (Å²) in [6.07, 6.45) is 1.77. The SMILES string of the molecule is CC(C)c1ccc(CN(C2CC2)S(=O)(=O)c2ccc3c(c2)n(C)c(=O)n3C)cc1. The van der Waals surface area contributed by atoms with Gasteiger partial charge in [0.15, 0.2) is 0 Å². The topological polar surface area (TPSA) is 64.3 Å². The summed E-state index contributed by atoms with van der Waals surface area (Å²) < 4.78 is 31.6. The van der Waals surface area contributed by atoms with Crippen LogP contribution >= 0.6 is 0 Å². The van der Waals surface area contributed by atoms with E-state index in [2.05, 4.69) is 26.0 Å². The lowest BCUT2D eigenvalue weighted by atomic mass is 10.0. The Balaban J connectivity index is 1.70. The minimum absolute atomic E-state index is 0.0417. The van der Waals surface area contributed by atoms with E-state index in [1.807, 2.05) is 12.1 Å². The molecule has 0 saturated heterocycles. The molecule has 0 radical (unpaired) electrons. The largest absolute Gasteiger partial charge is 0.328 e. The molecule has 1 heterocycles. The zero-order valence-corrected chi connectivity index (χ0v) is 18.1. The van der Waals surface area contributed by atoms with E-state index in [1.165, 1.54) is 14.7 Å². The lowest BCUT2D eigenvalue weighted by molar-refractivity contribution is 0.398. The summed E-state index contributed by atoms with van der Waals surface area (Å²) >= 11 is 0. The second-order valence-electron chi connectivity index (χ2n) is 8.23. The number of imidazole rings is 1. The van der Waals surface area contributed by atoms with Crippen LogP contribution in [0, 0.1) is 0 Å². The quantitative estimate of drug-likeness (QED) is 0.622. The molecular formula is C22H27N3O3S. The van der Waals surface area contributed by atoms with E-state index in [9.17, 15) is 13.2 Å². The molecule has 0 unspecified atom stereocenters. The average molecular weight is 414 g/mol. The predicted octanol–water partition coefficient (Wildman–Crippen LogP) is 3.35. The zero-order valence-electron chi connectivity index (χ0n) is 17.3. The van der Waals surface area contributed by atoms with Gasteiger partial charge in [-0.1, -0.05) is 38.1 Å². The van der Waals surface area contributed by atoms with Crippen molar-refractivity contribution in [2.75, 3.05) is 0 Å². The molecule has 1 saturated carbocycles. The number of fused-ring (bicyclic) bond motifs is 1. The molecule has 0 spiro atoms. The van der Waals surface area contributed by atoms with Gasteiger partial charge < -0.3 is 0 Å². The molecule has 0 N–H and O–H groups in total. The van der Waals surface area contributed by atoms with Crippen molar-refractivity contribution in [1.29, 1.82) is 0 Å². The summed E-state index contributed by atoms with van der Waals surface area (Å²) in [4.78, 5) is 12.4. The van der Waals surface area contributed by atoms with Crippen molar-refractivity contribution in [3.8, 4) is 0 Å². The molecule has 1 aliphatic carbocycles. The third-order valence-corrected chi connectivity index (χ3v) is 7.68. The van der Waals surface area contributed by atoms with Gasteiger partial charge in [0, 0.05) is 26.7 Å². The molecule has 0 amide bonds. The van der Waals surface area contributed by atoms with E-state index in [-0.39, 0.29) is 16.6 Å². The van der Waals surface area contributed by atoms with Crippen LogP contribution in [0.15, 0.2) is 52.2 Å². The molecule has 3 aromatic rings. The highest BCUT2D eigenvalue weighted by molar-refractivity contribution is 7.89. The minimum Gasteiger partial charge on any atom is -0.295 e. The lowest BCUT2D eigenvalue weighted by Crippen LogP contribution is -2.32. The van der Waals surface area contributed by atoms with E-state index in [0.29, 0.717) is 18.0 Å². The summed E-state index contributed by atoms with van der Waals surface area (Å²) in [6, 6.07) is 13.2. The highest BCUT2D eigenvalue weighted by Crippen LogP contribution is 2.34. The van der Waals surface area contributed by atoms with Gasteiger partial charge >= 0.3 is 5.69 Å². The Kier molecular flexibility index (Phi) is 4.91. The van der Waals surface area contributed by atoms with Crippen molar-refractivity contribution >= 4 is 21.1 Å². The monoisotopic (exact) mass is 413 g/mol. The minimum atomic E-state index is -3.67. The number of sulfonamides is 1. The number of hydrogen-bond donors (Lipinski definition) is 0. The first-order chi connectivity index (χ1) is 13.7. The second kappa shape index (κ2) is 7.15. The van der Waals surface area contributed by atoms with Gasteiger partial charge in [0.05, 0.1) is 15.9 Å². The molecule has 4 rings (SSSR count). The van der Waals surface area contributed by atoms with Crippen molar-refractivity contribution in [2.24, 2.45) is 14.1 Å². The first-order valence-electron chi connectivity index (χ1n) is 9.96. The van der Waals surface area contributed by atoms with Gasteiger partial charge in [-0.25, -0.2) is 13.2 Å². The Bertz CT molecular complexity index is 1220. The summed E-state index contributed by atoms with van der Waals surface area (Å²) in [5, 5.41) is 0. The zero-order chi connectivity index (χ0) is 20.9. The van der Waals surface area contributed by atoms with Crippen molar-refractivity contribution in [3.05, 3.63) is 64.1 Å². The maximum absolute atomic E-state index is 13.5. The lowest BCUT2D eigenvalue weighted by Gasteiger charge is -2.22. The Labute approximate surface area is 171 Å². The summed E-state index contributed by atoms with van der Waals surface area (Å²) in [7, 11) is -0.312. The number of aromatic nitrogens is 2. The van der Waals surface area contributed by atoms with Gasteiger partial charge in [-0.3, -0.25) is 9.13 Å². The van der Waals surface area contributed by atoms with Gasteiger partial charge in [0.1, 0.15) is 0 Å². The third kappa shape index (κ3) is 3.53. The van der Waals surface area contributed by atoms with Crippen LogP contribution in [0.5, 0.6) is 0 Å². The number of rotatable bonds is 6. The Morgan fingerprint density at radius 1 is 1.00 bits per heavy atom. The van der Waals surface area contributed by atoms with Crippen molar-refractivity contribution in [1.82, 2.24) is 13.4 Å². The molecule has 1 aliphatic rings. The number of hydrogen-bond acceptors (Lipinski definition) is 3. The normalized spacial score (nSPS) is 15.0. The van der Waals surface area contributed by atoms with E-state index in [4.69, 9.17) is 0 Å². The summed E-state index contributed by atoms with van der Waals surface area (Å²) in [6.45, 7) is 4.64. The fourth-order valence-electron chi connectivity index (χ4n) is 3.74. The highest BCUT2D eigenvalue weighted by atomic mass is 32.2. The first kappa shape index (κ1) is 19.9. The Morgan fingerprint density at radius 3 is 2.21 bits per heavy atom. The standard InChI is InChI=1S/C22H27N3O3S/c1-15(2)17-7-5-16(6-8-17)14-25(18-9-10-18)29(27,28)19-11-12-20-21(13-19)24(4)22(26)23(20)3/h5-8,11-13,15,18H,9-10,14H2,1-4H3. The van der Waals surface area contributed by atoms with Gasteiger partial charge in [-0.05, 0) is 48.1 Å². The highest BCUT2D eigenvalue weighted by Gasteiger charge is 2.38. The van der Waals surface area contributed by atoms with E-state index in [0.717, 1.165) is 23.9 Å².